The maximum absolute atomic E-state index is 6.08. The third kappa shape index (κ3) is 13.1. The van der Waals surface area contributed by atoms with Gasteiger partial charge in [-0.3, -0.25) is 0 Å². The fraction of sp³-hybridized carbons (Fsp3) is 1.00. The predicted molar refractivity (Wildman–Crippen MR) is 95.5 cm³/mol. The third-order valence-corrected chi connectivity index (χ3v) is 3.89. The fourth-order valence-electron chi connectivity index (χ4n) is 2.15. The van der Waals surface area contributed by atoms with Gasteiger partial charge in [-0.05, 0) is 32.1 Å². The fourth-order valence-corrected chi connectivity index (χ4v) is 2.29. The maximum atomic E-state index is 6.08. The summed E-state index contributed by atoms with van der Waals surface area (Å²) >= 11 is 0. The van der Waals surface area contributed by atoms with Gasteiger partial charge in [-0.15, -0.1) is 0 Å². The molecule has 0 aliphatic carbocycles. The van der Waals surface area contributed by atoms with Crippen molar-refractivity contribution in [3.8, 4) is 0 Å². The number of rotatable bonds is 18. The second kappa shape index (κ2) is 16.9. The second-order valence-corrected chi connectivity index (χ2v) is 6.24. The number of unbranched alkanes of at least 4 members (excludes halogenated alkanes) is 5. The standard InChI is InChI=1S/C18H37O4Si/c1-4-7-14-19-18(20-15-8-5-2,21-16-9-6-3)13-11-10-12-17-22-23/h4-17H2,1-3H3. The van der Waals surface area contributed by atoms with Crippen molar-refractivity contribution in [2.45, 2.75) is 91.0 Å². The van der Waals surface area contributed by atoms with Crippen molar-refractivity contribution >= 4 is 10.5 Å². The van der Waals surface area contributed by atoms with Crippen LogP contribution in [-0.2, 0) is 18.6 Å². The Labute approximate surface area is 147 Å². The minimum absolute atomic E-state index is 0.693. The van der Waals surface area contributed by atoms with Gasteiger partial charge in [0.15, 0.2) is 0 Å². The minimum Gasteiger partial charge on any atom is -0.419 e. The quantitative estimate of drug-likeness (QED) is 0.204. The van der Waals surface area contributed by atoms with E-state index in [1.165, 1.54) is 0 Å². The Hall–Kier alpha value is 0.0569. The number of hydrogen-bond donors (Lipinski definition) is 0. The molecule has 0 aromatic carbocycles. The van der Waals surface area contributed by atoms with Crippen LogP contribution in [0, 0.1) is 0 Å². The highest BCUT2D eigenvalue weighted by atomic mass is 28.2. The van der Waals surface area contributed by atoms with Crippen molar-refractivity contribution in [2.75, 3.05) is 26.4 Å². The first-order valence-corrected chi connectivity index (χ1v) is 9.85. The lowest BCUT2D eigenvalue weighted by molar-refractivity contribution is -0.384. The molecule has 0 atom stereocenters. The normalized spacial score (nSPS) is 12.0. The molecule has 0 aliphatic heterocycles. The van der Waals surface area contributed by atoms with Crippen LogP contribution in [0.3, 0.4) is 0 Å². The molecule has 0 rings (SSSR count). The highest BCUT2D eigenvalue weighted by Gasteiger charge is 2.32. The van der Waals surface area contributed by atoms with E-state index in [9.17, 15) is 0 Å². The van der Waals surface area contributed by atoms with Gasteiger partial charge in [0.25, 0.3) is 5.97 Å². The molecular weight excluding hydrogens is 308 g/mol. The first-order valence-electron chi connectivity index (χ1n) is 9.45. The SMILES string of the molecule is CCCCOC(CCCCCO[Si])(OCCCC)OCCCC. The van der Waals surface area contributed by atoms with E-state index in [-0.39, 0.29) is 0 Å². The highest BCUT2D eigenvalue weighted by Crippen LogP contribution is 2.25. The summed E-state index contributed by atoms with van der Waals surface area (Å²) in [6, 6.07) is 0. The molecule has 4 nitrogen and oxygen atoms in total. The monoisotopic (exact) mass is 345 g/mol. The first-order chi connectivity index (χ1) is 11.2. The van der Waals surface area contributed by atoms with Gasteiger partial charge >= 0.3 is 0 Å². The van der Waals surface area contributed by atoms with Gasteiger partial charge in [0.1, 0.15) is 0 Å². The van der Waals surface area contributed by atoms with Crippen LogP contribution in [0.15, 0.2) is 0 Å². The molecule has 0 amide bonds. The predicted octanol–water partition coefficient (Wildman–Crippen LogP) is 4.75. The van der Waals surface area contributed by atoms with Gasteiger partial charge in [0.05, 0.1) is 19.8 Å². The zero-order chi connectivity index (χ0) is 17.2. The molecule has 0 bridgehead atoms. The van der Waals surface area contributed by atoms with E-state index in [1.807, 2.05) is 0 Å². The Balaban J connectivity index is 4.52. The van der Waals surface area contributed by atoms with Crippen molar-refractivity contribution in [3.63, 3.8) is 0 Å². The van der Waals surface area contributed by atoms with Crippen LogP contribution in [0.2, 0.25) is 0 Å². The van der Waals surface area contributed by atoms with Gasteiger partial charge in [0, 0.05) is 13.0 Å². The summed E-state index contributed by atoms with van der Waals surface area (Å²) in [5, 5.41) is 0. The van der Waals surface area contributed by atoms with E-state index in [0.29, 0.717) is 19.8 Å². The number of ether oxygens (including phenoxy) is 3. The zero-order valence-electron chi connectivity index (χ0n) is 15.5. The molecule has 3 radical (unpaired) electrons. The van der Waals surface area contributed by atoms with Crippen molar-refractivity contribution < 1.29 is 18.6 Å². The van der Waals surface area contributed by atoms with Crippen LogP contribution in [-0.4, -0.2) is 42.9 Å². The Morgan fingerprint density at radius 3 is 1.48 bits per heavy atom. The molecule has 137 valence electrons. The lowest BCUT2D eigenvalue weighted by Gasteiger charge is -2.33. The van der Waals surface area contributed by atoms with Crippen LogP contribution in [0.25, 0.3) is 0 Å². The Morgan fingerprint density at radius 2 is 1.09 bits per heavy atom. The van der Waals surface area contributed by atoms with Crippen LogP contribution in [0.1, 0.15) is 85.0 Å². The van der Waals surface area contributed by atoms with Crippen molar-refractivity contribution in [2.24, 2.45) is 0 Å². The molecule has 0 aliphatic rings. The molecular formula is C18H37O4Si. The summed E-state index contributed by atoms with van der Waals surface area (Å²) < 4.78 is 23.2. The van der Waals surface area contributed by atoms with Crippen molar-refractivity contribution in [1.82, 2.24) is 0 Å². The first kappa shape index (κ1) is 23.1. The molecule has 5 heteroatoms. The summed E-state index contributed by atoms with van der Waals surface area (Å²) in [5.74, 6) is -0.853. The van der Waals surface area contributed by atoms with E-state index in [1.54, 1.807) is 0 Å². The lowest BCUT2D eigenvalue weighted by atomic mass is 10.1. The second-order valence-electron chi connectivity index (χ2n) is 5.95. The highest BCUT2D eigenvalue weighted by molar-refractivity contribution is 5.97. The largest absolute Gasteiger partial charge is 0.419 e. The topological polar surface area (TPSA) is 36.9 Å². The van der Waals surface area contributed by atoms with Crippen LogP contribution in [0.4, 0.5) is 0 Å². The molecule has 0 N–H and O–H groups in total. The average molecular weight is 346 g/mol. The lowest BCUT2D eigenvalue weighted by Crippen LogP contribution is -2.40. The van der Waals surface area contributed by atoms with Crippen LogP contribution in [0.5, 0.6) is 0 Å². The number of hydrogen-bond acceptors (Lipinski definition) is 4. The molecule has 0 saturated carbocycles. The summed E-state index contributed by atoms with van der Waals surface area (Å²) in [6.45, 7) is 9.31. The Kier molecular flexibility index (Phi) is 16.9. The van der Waals surface area contributed by atoms with Gasteiger partial charge in [-0.2, -0.15) is 0 Å². The van der Waals surface area contributed by atoms with E-state index in [4.69, 9.17) is 18.6 Å². The Morgan fingerprint density at radius 1 is 0.609 bits per heavy atom. The molecule has 0 aromatic heterocycles. The minimum atomic E-state index is -0.853. The molecule has 23 heavy (non-hydrogen) atoms. The van der Waals surface area contributed by atoms with E-state index in [2.05, 4.69) is 31.3 Å². The van der Waals surface area contributed by atoms with E-state index < -0.39 is 5.97 Å². The van der Waals surface area contributed by atoms with E-state index >= 15 is 0 Å². The van der Waals surface area contributed by atoms with Gasteiger partial charge < -0.3 is 18.6 Å². The molecule has 0 spiro atoms. The van der Waals surface area contributed by atoms with Crippen LogP contribution >= 0.6 is 0 Å². The third-order valence-electron chi connectivity index (χ3n) is 3.69. The molecule has 0 aromatic rings. The van der Waals surface area contributed by atoms with Crippen LogP contribution < -0.4 is 0 Å². The summed E-state index contributed by atoms with van der Waals surface area (Å²) in [7, 11) is 3.04. The Bertz CT molecular complexity index is 213. The molecule has 0 unspecified atom stereocenters. The maximum Gasteiger partial charge on any atom is 0.282 e. The summed E-state index contributed by atoms with van der Waals surface area (Å²) in [5.41, 5.74) is 0. The van der Waals surface area contributed by atoms with Crippen molar-refractivity contribution in [1.29, 1.82) is 0 Å². The average Bonchev–Trinajstić information content (AvgIpc) is 2.55. The molecule has 0 saturated heterocycles. The van der Waals surface area contributed by atoms with Gasteiger partial charge in [-0.25, -0.2) is 0 Å². The van der Waals surface area contributed by atoms with Crippen molar-refractivity contribution in [3.05, 3.63) is 0 Å². The summed E-state index contributed by atoms with van der Waals surface area (Å²) in [4.78, 5) is 0. The van der Waals surface area contributed by atoms with Gasteiger partial charge in [-0.1, -0.05) is 46.5 Å². The smallest absolute Gasteiger partial charge is 0.282 e. The van der Waals surface area contributed by atoms with E-state index in [0.717, 1.165) is 70.8 Å². The van der Waals surface area contributed by atoms with Gasteiger partial charge in [0.2, 0.25) is 10.5 Å². The molecule has 0 heterocycles. The zero-order valence-corrected chi connectivity index (χ0v) is 16.5. The summed E-state index contributed by atoms with van der Waals surface area (Å²) in [6.07, 6.45) is 10.3. The molecule has 0 fully saturated rings.